The SMILES string of the molecule is COc1ccc(Cl)cc1C(=O)N1CCCC1C(=O)Nc1nc(C(F)(F)F)cs1. The van der Waals surface area contributed by atoms with Gasteiger partial charge in [0.2, 0.25) is 5.91 Å². The van der Waals surface area contributed by atoms with Crippen LogP contribution in [0.3, 0.4) is 0 Å². The standard InChI is InChI=1S/C17H15ClF3N3O3S/c1-27-12-5-4-9(18)7-10(12)15(26)24-6-2-3-11(24)14(25)23-16-22-13(8-28-16)17(19,20)21/h4-5,7-8,11H,2-3,6H2,1H3,(H,22,23,25). The zero-order chi connectivity index (χ0) is 20.5. The number of methoxy groups -OCH3 is 1. The number of thiazole rings is 1. The Morgan fingerprint density at radius 3 is 2.79 bits per heavy atom. The van der Waals surface area contributed by atoms with E-state index < -0.39 is 29.7 Å². The molecular weight excluding hydrogens is 419 g/mol. The maximum Gasteiger partial charge on any atom is 0.434 e. The first-order valence-corrected chi connectivity index (χ1v) is 9.44. The highest BCUT2D eigenvalue weighted by Gasteiger charge is 2.37. The molecule has 1 atom stereocenters. The minimum atomic E-state index is -4.59. The summed E-state index contributed by atoms with van der Waals surface area (Å²) in [5.74, 6) is -0.711. The van der Waals surface area contributed by atoms with E-state index in [2.05, 4.69) is 10.3 Å². The monoisotopic (exact) mass is 433 g/mol. The van der Waals surface area contributed by atoms with Crippen molar-refractivity contribution in [2.45, 2.75) is 25.1 Å². The maximum atomic E-state index is 12.9. The number of anilines is 1. The van der Waals surface area contributed by atoms with E-state index in [-0.39, 0.29) is 10.7 Å². The lowest BCUT2D eigenvalue weighted by Crippen LogP contribution is -2.43. The molecule has 11 heteroatoms. The number of nitrogens with one attached hydrogen (secondary N) is 1. The fourth-order valence-electron chi connectivity index (χ4n) is 2.93. The van der Waals surface area contributed by atoms with Crippen molar-refractivity contribution < 1.29 is 27.5 Å². The summed E-state index contributed by atoms with van der Waals surface area (Å²) in [6, 6.07) is 3.75. The van der Waals surface area contributed by atoms with E-state index in [1.807, 2.05) is 0 Å². The van der Waals surface area contributed by atoms with Gasteiger partial charge in [-0.05, 0) is 31.0 Å². The number of halogens is 4. The smallest absolute Gasteiger partial charge is 0.434 e. The van der Waals surface area contributed by atoms with E-state index in [1.165, 1.54) is 18.1 Å². The Hall–Kier alpha value is -2.33. The van der Waals surface area contributed by atoms with Gasteiger partial charge in [0.15, 0.2) is 10.8 Å². The largest absolute Gasteiger partial charge is 0.496 e. The number of aromatic nitrogens is 1. The number of hydrogen-bond donors (Lipinski definition) is 1. The third-order valence-corrected chi connectivity index (χ3v) is 5.23. The second-order valence-corrected chi connectivity index (χ2v) is 7.32. The lowest BCUT2D eigenvalue weighted by molar-refractivity contribution is -0.140. The first-order valence-electron chi connectivity index (χ1n) is 8.19. The second-order valence-electron chi connectivity index (χ2n) is 6.03. The summed E-state index contributed by atoms with van der Waals surface area (Å²) < 4.78 is 43.2. The maximum absolute atomic E-state index is 12.9. The number of ether oxygens (including phenoxy) is 1. The van der Waals surface area contributed by atoms with Crippen molar-refractivity contribution >= 4 is 39.9 Å². The molecule has 0 bridgehead atoms. The normalized spacial score (nSPS) is 16.9. The summed E-state index contributed by atoms with van der Waals surface area (Å²) in [5.41, 5.74) is -0.862. The molecule has 1 aliphatic heterocycles. The van der Waals surface area contributed by atoms with Crippen molar-refractivity contribution in [2.24, 2.45) is 0 Å². The molecule has 28 heavy (non-hydrogen) atoms. The van der Waals surface area contributed by atoms with Gasteiger partial charge in [-0.25, -0.2) is 4.98 Å². The lowest BCUT2D eigenvalue weighted by atomic mass is 10.1. The fraction of sp³-hybridized carbons (Fsp3) is 0.353. The molecule has 0 aliphatic carbocycles. The summed E-state index contributed by atoms with van der Waals surface area (Å²) in [7, 11) is 1.41. The van der Waals surface area contributed by atoms with Crippen molar-refractivity contribution in [3.05, 3.63) is 39.9 Å². The summed E-state index contributed by atoms with van der Waals surface area (Å²) in [6.07, 6.45) is -3.62. The lowest BCUT2D eigenvalue weighted by Gasteiger charge is -2.24. The molecule has 0 radical (unpaired) electrons. The van der Waals surface area contributed by atoms with E-state index >= 15 is 0 Å². The van der Waals surface area contributed by atoms with Crippen LogP contribution in [-0.2, 0) is 11.0 Å². The predicted molar refractivity (Wildman–Crippen MR) is 97.8 cm³/mol. The molecule has 2 aromatic rings. The predicted octanol–water partition coefficient (Wildman–Crippen LogP) is 4.07. The van der Waals surface area contributed by atoms with Crippen LogP contribution in [0.15, 0.2) is 23.6 Å². The zero-order valence-electron chi connectivity index (χ0n) is 14.5. The van der Waals surface area contributed by atoms with Crippen LogP contribution in [0, 0.1) is 0 Å². The minimum absolute atomic E-state index is 0.169. The molecule has 2 heterocycles. The van der Waals surface area contributed by atoms with Crippen molar-refractivity contribution in [1.82, 2.24) is 9.88 Å². The molecule has 150 valence electrons. The third kappa shape index (κ3) is 4.22. The van der Waals surface area contributed by atoms with Crippen LogP contribution in [0.25, 0.3) is 0 Å². The van der Waals surface area contributed by atoms with Crippen LogP contribution in [0.4, 0.5) is 18.3 Å². The van der Waals surface area contributed by atoms with Gasteiger partial charge in [-0.3, -0.25) is 9.59 Å². The Balaban J connectivity index is 1.77. The number of carbonyl (C=O) groups is 2. The molecule has 1 saturated heterocycles. The molecule has 0 spiro atoms. The first-order chi connectivity index (χ1) is 13.2. The highest BCUT2D eigenvalue weighted by Crippen LogP contribution is 2.32. The average Bonchev–Trinajstić information content (AvgIpc) is 3.30. The second kappa shape index (κ2) is 7.96. The molecule has 6 nitrogen and oxygen atoms in total. The van der Waals surface area contributed by atoms with E-state index in [9.17, 15) is 22.8 Å². The van der Waals surface area contributed by atoms with Crippen LogP contribution in [0.1, 0.15) is 28.9 Å². The molecule has 1 unspecified atom stereocenters. The van der Waals surface area contributed by atoms with E-state index in [0.29, 0.717) is 41.5 Å². The van der Waals surface area contributed by atoms with Gasteiger partial charge in [-0.1, -0.05) is 11.6 Å². The Labute approximate surface area is 167 Å². The van der Waals surface area contributed by atoms with Gasteiger partial charge in [0, 0.05) is 16.9 Å². The number of likely N-dealkylation sites (tertiary alicyclic amines) is 1. The van der Waals surface area contributed by atoms with Crippen LogP contribution >= 0.6 is 22.9 Å². The molecule has 3 rings (SSSR count). The molecule has 1 N–H and O–H groups in total. The Kier molecular flexibility index (Phi) is 5.80. The Morgan fingerprint density at radius 2 is 2.14 bits per heavy atom. The fourth-order valence-corrected chi connectivity index (χ4v) is 3.83. The quantitative estimate of drug-likeness (QED) is 0.789. The molecule has 1 aliphatic rings. The number of hydrogen-bond acceptors (Lipinski definition) is 5. The summed E-state index contributed by atoms with van der Waals surface area (Å²) in [4.78, 5) is 30.2. The van der Waals surface area contributed by atoms with Gasteiger partial charge in [0.05, 0.1) is 12.7 Å². The molecular formula is C17H15ClF3N3O3S. The average molecular weight is 434 g/mol. The van der Waals surface area contributed by atoms with Gasteiger partial charge in [-0.15, -0.1) is 11.3 Å². The number of rotatable bonds is 4. The molecule has 1 aromatic carbocycles. The van der Waals surface area contributed by atoms with E-state index in [1.54, 1.807) is 12.1 Å². The van der Waals surface area contributed by atoms with Crippen molar-refractivity contribution in [1.29, 1.82) is 0 Å². The van der Waals surface area contributed by atoms with E-state index in [0.717, 1.165) is 5.38 Å². The highest BCUT2D eigenvalue weighted by molar-refractivity contribution is 7.13. The van der Waals surface area contributed by atoms with Crippen LogP contribution in [-0.4, -0.2) is 41.4 Å². The number of carbonyl (C=O) groups excluding carboxylic acids is 2. The van der Waals surface area contributed by atoms with Crippen molar-refractivity contribution in [3.8, 4) is 5.75 Å². The molecule has 1 aromatic heterocycles. The number of nitrogens with zero attached hydrogens (tertiary/aromatic N) is 2. The van der Waals surface area contributed by atoms with Gasteiger partial charge < -0.3 is 15.0 Å². The molecule has 2 amide bonds. The molecule has 0 saturated carbocycles. The third-order valence-electron chi connectivity index (χ3n) is 4.23. The van der Waals surface area contributed by atoms with Gasteiger partial charge in [0.25, 0.3) is 5.91 Å². The highest BCUT2D eigenvalue weighted by atomic mass is 35.5. The zero-order valence-corrected chi connectivity index (χ0v) is 16.1. The van der Waals surface area contributed by atoms with Gasteiger partial charge >= 0.3 is 6.18 Å². The Morgan fingerprint density at radius 1 is 1.39 bits per heavy atom. The van der Waals surface area contributed by atoms with Crippen LogP contribution < -0.4 is 10.1 Å². The van der Waals surface area contributed by atoms with Gasteiger partial charge in [0.1, 0.15) is 11.8 Å². The number of benzene rings is 1. The van der Waals surface area contributed by atoms with Crippen molar-refractivity contribution in [3.63, 3.8) is 0 Å². The number of alkyl halides is 3. The minimum Gasteiger partial charge on any atom is -0.496 e. The first kappa shape index (κ1) is 20.4. The van der Waals surface area contributed by atoms with Crippen LogP contribution in [0.2, 0.25) is 5.02 Å². The summed E-state index contributed by atoms with van der Waals surface area (Å²) in [6.45, 7) is 0.332. The molecule has 1 fully saturated rings. The van der Waals surface area contributed by atoms with Crippen molar-refractivity contribution in [2.75, 3.05) is 19.0 Å². The topological polar surface area (TPSA) is 71.5 Å². The summed E-state index contributed by atoms with van der Waals surface area (Å²) in [5, 5.41) is 3.36. The van der Waals surface area contributed by atoms with Gasteiger partial charge in [-0.2, -0.15) is 13.2 Å². The number of amides is 2. The van der Waals surface area contributed by atoms with E-state index in [4.69, 9.17) is 16.3 Å². The summed E-state index contributed by atoms with van der Waals surface area (Å²) >= 11 is 6.64. The van der Waals surface area contributed by atoms with Crippen LogP contribution in [0.5, 0.6) is 5.75 Å². The Bertz CT molecular complexity index is 903.